The zero-order valence-electron chi connectivity index (χ0n) is 19.2. The summed E-state index contributed by atoms with van der Waals surface area (Å²) in [5.74, 6) is -4.16. The van der Waals surface area contributed by atoms with Crippen molar-refractivity contribution in [2.45, 2.75) is 59.3 Å². The highest BCUT2D eigenvalue weighted by molar-refractivity contribution is 5.86. The highest BCUT2D eigenvalue weighted by Crippen LogP contribution is 2.27. The molecule has 1 rings (SSSR count). The summed E-state index contributed by atoms with van der Waals surface area (Å²) in [6, 6.07) is -0.660. The second kappa shape index (κ2) is 12.7. The normalized spacial score (nSPS) is 19.9. The number of carbonyl (C=O) groups excluding carboxylic acids is 5. The van der Waals surface area contributed by atoms with Crippen LogP contribution in [0.2, 0.25) is 0 Å². The minimum atomic E-state index is -1.17. The van der Waals surface area contributed by atoms with E-state index in [9.17, 15) is 24.0 Å². The monoisotopic (exact) mass is 457 g/mol. The van der Waals surface area contributed by atoms with Crippen LogP contribution in [0.1, 0.15) is 41.0 Å². The van der Waals surface area contributed by atoms with Gasteiger partial charge in [0, 0.05) is 32.7 Å². The summed E-state index contributed by atoms with van der Waals surface area (Å²) in [4.78, 5) is 59.3. The maximum absolute atomic E-state index is 12.4. The first-order valence-electron chi connectivity index (χ1n) is 10.2. The molecule has 0 bridgehead atoms. The largest absolute Gasteiger partial charge is 0.486 e. The van der Waals surface area contributed by atoms with Gasteiger partial charge in [-0.3, -0.25) is 19.2 Å². The van der Waals surface area contributed by atoms with Crippen molar-refractivity contribution >= 4 is 29.8 Å². The molecule has 0 aromatic carbocycles. The lowest BCUT2D eigenvalue weighted by atomic mass is 9.88. The van der Waals surface area contributed by atoms with Gasteiger partial charge in [0.1, 0.15) is 12.7 Å². The fourth-order valence-electron chi connectivity index (χ4n) is 3.09. The van der Waals surface area contributed by atoms with E-state index in [4.69, 9.17) is 23.7 Å². The molecule has 11 nitrogen and oxygen atoms in total. The van der Waals surface area contributed by atoms with E-state index in [2.05, 4.69) is 5.32 Å². The van der Waals surface area contributed by atoms with E-state index in [0.29, 0.717) is 0 Å². The van der Waals surface area contributed by atoms with Gasteiger partial charge in [-0.25, -0.2) is 4.79 Å². The zero-order valence-corrected chi connectivity index (χ0v) is 19.2. The number of amides is 1. The maximum Gasteiger partial charge on any atom is 0.372 e. The first-order chi connectivity index (χ1) is 15.0. The number of methoxy groups -OCH3 is 1. The van der Waals surface area contributed by atoms with E-state index in [1.807, 2.05) is 0 Å². The zero-order chi connectivity index (χ0) is 24.4. The van der Waals surface area contributed by atoms with Gasteiger partial charge >= 0.3 is 23.9 Å². The van der Waals surface area contributed by atoms with Crippen molar-refractivity contribution in [3.05, 3.63) is 11.8 Å². The van der Waals surface area contributed by atoms with Crippen LogP contribution in [0, 0.1) is 11.8 Å². The van der Waals surface area contributed by atoms with Crippen LogP contribution < -0.4 is 5.32 Å². The molecule has 180 valence electrons. The van der Waals surface area contributed by atoms with Gasteiger partial charge in [-0.2, -0.15) is 0 Å². The first kappa shape index (κ1) is 26.9. The van der Waals surface area contributed by atoms with Crippen LogP contribution in [0.4, 0.5) is 0 Å². The second-order valence-electron chi connectivity index (χ2n) is 7.56. The van der Waals surface area contributed by atoms with Gasteiger partial charge in [0.15, 0.2) is 6.10 Å². The topological polar surface area (TPSA) is 144 Å². The molecule has 0 saturated carbocycles. The lowest BCUT2D eigenvalue weighted by Gasteiger charge is -2.35. The minimum absolute atomic E-state index is 0.0654. The van der Waals surface area contributed by atoms with Crippen LogP contribution in [0.3, 0.4) is 0 Å². The fraction of sp³-hybridized carbons (Fsp3) is 0.667. The number of esters is 4. The molecule has 1 amide bonds. The highest BCUT2D eigenvalue weighted by atomic mass is 16.6. The standard InChI is InChI=1S/C21H31NO10/c1-11(2)20(26)22-16-7-8-17(21(27)28-6)30-9-15(16)19(32-14(5)25)18(31-13(4)24)10-29-12(3)23/h8,11,15-16,18-19H,7,9-10H2,1-6H3,(H,22,26)/t15-,16+,18?,19?/m0/s1. The van der Waals surface area contributed by atoms with Crippen LogP contribution >= 0.6 is 0 Å². The van der Waals surface area contributed by atoms with Gasteiger partial charge in [0.05, 0.1) is 19.6 Å². The van der Waals surface area contributed by atoms with Crippen molar-refractivity contribution in [3.63, 3.8) is 0 Å². The molecule has 0 radical (unpaired) electrons. The molecule has 11 heteroatoms. The molecule has 0 aromatic heterocycles. The fourth-order valence-corrected chi connectivity index (χ4v) is 3.09. The quantitative estimate of drug-likeness (QED) is 0.387. The Kier molecular flexibility index (Phi) is 10.7. The van der Waals surface area contributed by atoms with Crippen molar-refractivity contribution in [1.82, 2.24) is 5.32 Å². The lowest BCUT2D eigenvalue weighted by Crippen LogP contribution is -2.53. The molecule has 1 aliphatic heterocycles. The van der Waals surface area contributed by atoms with Crippen LogP contribution in [-0.2, 0) is 47.7 Å². The Bertz CT molecular complexity index is 745. The Balaban J connectivity index is 3.35. The number of nitrogens with one attached hydrogen (secondary N) is 1. The third kappa shape index (κ3) is 8.56. The summed E-state index contributed by atoms with van der Waals surface area (Å²) in [7, 11) is 1.20. The Morgan fingerprint density at radius 1 is 1.06 bits per heavy atom. The molecule has 1 aliphatic rings. The van der Waals surface area contributed by atoms with Gasteiger partial charge in [0.25, 0.3) is 0 Å². The molecule has 4 atom stereocenters. The Labute approximate surface area is 186 Å². The number of hydrogen-bond donors (Lipinski definition) is 1. The number of carbonyl (C=O) groups is 5. The average Bonchev–Trinajstić information content (AvgIpc) is 2.90. The van der Waals surface area contributed by atoms with Crippen molar-refractivity contribution < 1.29 is 47.7 Å². The van der Waals surface area contributed by atoms with Crippen molar-refractivity contribution in [2.24, 2.45) is 11.8 Å². The van der Waals surface area contributed by atoms with Crippen molar-refractivity contribution in [1.29, 1.82) is 0 Å². The van der Waals surface area contributed by atoms with Crippen LogP contribution in [-0.4, -0.2) is 68.4 Å². The summed E-state index contributed by atoms with van der Waals surface area (Å²) in [6.07, 6.45) is -0.716. The lowest BCUT2D eigenvalue weighted by molar-refractivity contribution is -0.180. The smallest absolute Gasteiger partial charge is 0.372 e. The first-order valence-corrected chi connectivity index (χ1v) is 10.2. The Hall–Kier alpha value is -3.11. The van der Waals surface area contributed by atoms with Gasteiger partial charge in [-0.1, -0.05) is 13.8 Å². The summed E-state index contributed by atoms with van der Waals surface area (Å²) in [5.41, 5.74) is 0. The minimum Gasteiger partial charge on any atom is -0.486 e. The van der Waals surface area contributed by atoms with Crippen LogP contribution in [0.5, 0.6) is 0 Å². The van der Waals surface area contributed by atoms with E-state index >= 15 is 0 Å². The Morgan fingerprint density at radius 2 is 1.69 bits per heavy atom. The van der Waals surface area contributed by atoms with E-state index in [1.54, 1.807) is 13.8 Å². The molecule has 2 unspecified atom stereocenters. The predicted octanol–water partition coefficient (Wildman–Crippen LogP) is 0.647. The molecule has 0 aromatic rings. The molecular weight excluding hydrogens is 426 g/mol. The molecule has 0 spiro atoms. The average molecular weight is 457 g/mol. The maximum atomic E-state index is 12.4. The van der Waals surface area contributed by atoms with E-state index < -0.39 is 48.0 Å². The molecule has 0 aliphatic carbocycles. The second-order valence-corrected chi connectivity index (χ2v) is 7.56. The van der Waals surface area contributed by atoms with Crippen molar-refractivity contribution in [3.8, 4) is 0 Å². The Morgan fingerprint density at radius 3 is 2.19 bits per heavy atom. The van der Waals surface area contributed by atoms with Gasteiger partial charge in [0.2, 0.25) is 11.7 Å². The number of rotatable bonds is 9. The summed E-state index contributed by atoms with van der Waals surface area (Å²) in [6.45, 7) is 6.35. The van der Waals surface area contributed by atoms with Crippen molar-refractivity contribution in [2.75, 3.05) is 20.3 Å². The van der Waals surface area contributed by atoms with Crippen LogP contribution in [0.25, 0.3) is 0 Å². The van der Waals surface area contributed by atoms with Gasteiger partial charge in [-0.15, -0.1) is 0 Å². The molecule has 1 N–H and O–H groups in total. The van der Waals surface area contributed by atoms with E-state index in [1.165, 1.54) is 27.0 Å². The summed E-state index contributed by atoms with van der Waals surface area (Å²) in [5, 5.41) is 2.86. The molecule has 32 heavy (non-hydrogen) atoms. The summed E-state index contributed by atoms with van der Waals surface area (Å²) >= 11 is 0. The molecular formula is C21H31NO10. The predicted molar refractivity (Wildman–Crippen MR) is 109 cm³/mol. The summed E-state index contributed by atoms with van der Waals surface area (Å²) < 4.78 is 26.0. The molecule has 0 saturated heterocycles. The van der Waals surface area contributed by atoms with Gasteiger partial charge in [-0.05, 0) is 12.5 Å². The third-order valence-corrected chi connectivity index (χ3v) is 4.60. The molecule has 0 fully saturated rings. The number of hydrogen-bond acceptors (Lipinski definition) is 10. The highest BCUT2D eigenvalue weighted by Gasteiger charge is 2.42. The van der Waals surface area contributed by atoms with Crippen LogP contribution in [0.15, 0.2) is 11.8 Å². The SMILES string of the molecule is COC(=O)C1=CC[C@@H](NC(=O)C(C)C)[C@@H](C(OC(C)=O)C(COC(C)=O)OC(C)=O)CO1. The van der Waals surface area contributed by atoms with Gasteiger partial charge < -0.3 is 29.0 Å². The molecule has 1 heterocycles. The number of ether oxygens (including phenoxy) is 5. The van der Waals surface area contributed by atoms with E-state index in [-0.39, 0.29) is 37.2 Å². The van der Waals surface area contributed by atoms with E-state index in [0.717, 1.165) is 6.92 Å². The third-order valence-electron chi connectivity index (χ3n) is 4.60.